The molecule has 0 heterocycles. The number of carbonyl (C=O) groups excluding carboxylic acids is 1. The third-order valence-electron chi connectivity index (χ3n) is 4.27. The predicted octanol–water partition coefficient (Wildman–Crippen LogP) is 4.61. The first-order valence-corrected chi connectivity index (χ1v) is 7.85. The lowest BCUT2D eigenvalue weighted by Crippen LogP contribution is -2.10. The van der Waals surface area contributed by atoms with E-state index in [1.807, 2.05) is 24.3 Å². The summed E-state index contributed by atoms with van der Waals surface area (Å²) in [4.78, 5) is 12.0. The van der Waals surface area contributed by atoms with Crippen molar-refractivity contribution in [2.24, 2.45) is 0 Å². The van der Waals surface area contributed by atoms with E-state index in [2.05, 4.69) is 54.6 Å². The topological polar surface area (TPSA) is 26.3 Å². The third kappa shape index (κ3) is 3.42. The van der Waals surface area contributed by atoms with Gasteiger partial charge in [0.1, 0.15) is 0 Å². The highest BCUT2D eigenvalue weighted by Gasteiger charge is 2.25. The Morgan fingerprint density at radius 1 is 0.913 bits per heavy atom. The van der Waals surface area contributed by atoms with Crippen molar-refractivity contribution in [3.63, 3.8) is 0 Å². The van der Waals surface area contributed by atoms with E-state index >= 15 is 0 Å². The van der Waals surface area contributed by atoms with Crippen molar-refractivity contribution in [2.75, 3.05) is 7.11 Å². The Morgan fingerprint density at radius 2 is 1.48 bits per heavy atom. The summed E-state index contributed by atoms with van der Waals surface area (Å²) in [7, 11) is 1.43. The number of rotatable bonds is 3. The van der Waals surface area contributed by atoms with Crippen LogP contribution in [0.1, 0.15) is 29.4 Å². The van der Waals surface area contributed by atoms with Gasteiger partial charge in [-0.3, -0.25) is 0 Å². The first-order chi connectivity index (χ1) is 11.3. The van der Waals surface area contributed by atoms with Gasteiger partial charge in [-0.15, -0.1) is 0 Å². The molecule has 0 saturated carbocycles. The van der Waals surface area contributed by atoms with Crippen molar-refractivity contribution < 1.29 is 9.53 Å². The van der Waals surface area contributed by atoms with Crippen LogP contribution in [-0.4, -0.2) is 13.1 Å². The first-order valence-electron chi connectivity index (χ1n) is 7.85. The van der Waals surface area contributed by atoms with Gasteiger partial charge in [0.15, 0.2) is 0 Å². The molecule has 0 N–H and O–H groups in total. The molecule has 116 valence electrons. The molecule has 0 spiro atoms. The van der Waals surface area contributed by atoms with Crippen LogP contribution >= 0.6 is 0 Å². The van der Waals surface area contributed by atoms with Gasteiger partial charge in [-0.05, 0) is 17.5 Å². The number of allylic oxidation sites excluding steroid dienone is 3. The van der Waals surface area contributed by atoms with Crippen molar-refractivity contribution in [1.29, 1.82) is 0 Å². The van der Waals surface area contributed by atoms with Crippen LogP contribution in [0.5, 0.6) is 0 Å². The summed E-state index contributed by atoms with van der Waals surface area (Å²) in [5.74, 6) is 0.0801. The molecule has 0 saturated heterocycles. The minimum absolute atomic E-state index is 0.117. The fourth-order valence-electron chi connectivity index (χ4n) is 3.10. The average molecular weight is 304 g/mol. The molecule has 0 aliphatic heterocycles. The number of hydrogen-bond acceptors (Lipinski definition) is 2. The summed E-state index contributed by atoms with van der Waals surface area (Å²) in [6, 6.07) is 20.7. The number of esters is 1. The van der Waals surface area contributed by atoms with Gasteiger partial charge in [0.05, 0.1) is 7.11 Å². The van der Waals surface area contributed by atoms with E-state index in [1.165, 1.54) is 18.2 Å². The third-order valence-corrected chi connectivity index (χ3v) is 4.27. The van der Waals surface area contributed by atoms with Gasteiger partial charge in [0.25, 0.3) is 0 Å². The van der Waals surface area contributed by atoms with Crippen molar-refractivity contribution in [3.05, 3.63) is 95.6 Å². The molecular formula is C21H20O2. The highest BCUT2D eigenvalue weighted by atomic mass is 16.5. The largest absolute Gasteiger partial charge is 0.466 e. The number of carbonyl (C=O) groups is 1. The van der Waals surface area contributed by atoms with E-state index < -0.39 is 0 Å². The van der Waals surface area contributed by atoms with Crippen molar-refractivity contribution in [1.82, 2.24) is 0 Å². The Balaban J connectivity index is 2.07. The monoisotopic (exact) mass is 304 g/mol. The van der Waals surface area contributed by atoms with E-state index in [-0.39, 0.29) is 17.8 Å². The molecule has 1 aliphatic rings. The summed E-state index contributed by atoms with van der Waals surface area (Å²) >= 11 is 0. The van der Waals surface area contributed by atoms with E-state index in [0.717, 1.165) is 5.57 Å². The van der Waals surface area contributed by atoms with Crippen molar-refractivity contribution >= 4 is 5.97 Å². The molecule has 2 aromatic rings. The zero-order chi connectivity index (χ0) is 16.1. The predicted molar refractivity (Wildman–Crippen MR) is 92.2 cm³/mol. The summed E-state index contributed by atoms with van der Waals surface area (Å²) in [5.41, 5.74) is 3.17. The molecular weight excluding hydrogens is 284 g/mol. The lowest BCUT2D eigenvalue weighted by atomic mass is 9.81. The molecule has 0 fully saturated rings. The molecule has 3 rings (SSSR count). The number of methoxy groups -OCH3 is 1. The lowest BCUT2D eigenvalue weighted by molar-refractivity contribution is -0.136. The minimum Gasteiger partial charge on any atom is -0.466 e. The summed E-state index contributed by atoms with van der Waals surface area (Å²) in [6.07, 6.45) is 6.96. The van der Waals surface area contributed by atoms with Gasteiger partial charge >= 0.3 is 5.97 Å². The van der Waals surface area contributed by atoms with Crippen molar-refractivity contribution in [2.45, 2.75) is 18.3 Å². The lowest BCUT2D eigenvalue weighted by Gasteiger charge is -2.22. The smallest absolute Gasteiger partial charge is 0.333 e. The fourth-order valence-corrected chi connectivity index (χ4v) is 3.10. The SMILES string of the molecule is COC(=O)C1=CC(c2ccccc2)C(c2ccccc2)C=CC1. The van der Waals surface area contributed by atoms with E-state index in [0.29, 0.717) is 6.42 Å². The van der Waals surface area contributed by atoms with Crippen LogP contribution < -0.4 is 0 Å². The maximum atomic E-state index is 12.0. The van der Waals surface area contributed by atoms with Gasteiger partial charge in [0, 0.05) is 17.4 Å². The molecule has 2 aromatic carbocycles. The molecule has 2 nitrogen and oxygen atoms in total. The van der Waals surface area contributed by atoms with Gasteiger partial charge in [-0.25, -0.2) is 4.79 Å². The molecule has 0 radical (unpaired) electrons. The normalized spacial score (nSPS) is 20.5. The minimum atomic E-state index is -0.246. The quantitative estimate of drug-likeness (QED) is 0.611. The standard InChI is InChI=1S/C21H20O2/c1-23-21(22)18-13-8-14-19(16-9-4-2-5-10-16)20(15-18)17-11-6-3-7-12-17/h2-12,14-15,19-20H,13H2,1H3. The van der Waals surface area contributed by atoms with Gasteiger partial charge in [-0.2, -0.15) is 0 Å². The second-order valence-corrected chi connectivity index (χ2v) is 5.69. The summed E-state index contributed by atoms with van der Waals surface area (Å²) < 4.78 is 4.93. The zero-order valence-corrected chi connectivity index (χ0v) is 13.2. The number of benzene rings is 2. The van der Waals surface area contributed by atoms with Crippen molar-refractivity contribution in [3.8, 4) is 0 Å². The number of hydrogen-bond donors (Lipinski definition) is 0. The Hall–Kier alpha value is -2.61. The maximum absolute atomic E-state index is 12.0. The number of ether oxygens (including phenoxy) is 1. The molecule has 0 bridgehead atoms. The van der Waals surface area contributed by atoms with Crippen LogP contribution in [0.15, 0.2) is 84.5 Å². The van der Waals surface area contributed by atoms with Crippen LogP contribution in [0.3, 0.4) is 0 Å². The van der Waals surface area contributed by atoms with Crippen LogP contribution in [0.2, 0.25) is 0 Å². The molecule has 2 unspecified atom stereocenters. The second kappa shape index (κ2) is 7.10. The second-order valence-electron chi connectivity index (χ2n) is 5.69. The Bertz CT molecular complexity index is 714. The summed E-state index contributed by atoms with van der Waals surface area (Å²) in [5, 5.41) is 0. The Labute approximate surface area is 137 Å². The molecule has 1 aliphatic carbocycles. The maximum Gasteiger partial charge on any atom is 0.333 e. The van der Waals surface area contributed by atoms with Gasteiger partial charge < -0.3 is 4.74 Å². The van der Waals surface area contributed by atoms with E-state index in [9.17, 15) is 4.79 Å². The van der Waals surface area contributed by atoms with Gasteiger partial charge in [0.2, 0.25) is 0 Å². The van der Waals surface area contributed by atoms with Crippen LogP contribution in [0.25, 0.3) is 0 Å². The van der Waals surface area contributed by atoms with E-state index in [1.54, 1.807) is 0 Å². The molecule has 23 heavy (non-hydrogen) atoms. The van der Waals surface area contributed by atoms with Crippen LogP contribution in [-0.2, 0) is 9.53 Å². The van der Waals surface area contributed by atoms with E-state index in [4.69, 9.17) is 4.74 Å². The summed E-state index contributed by atoms with van der Waals surface area (Å²) in [6.45, 7) is 0. The average Bonchev–Trinajstić information content (AvgIpc) is 2.85. The highest BCUT2D eigenvalue weighted by Crippen LogP contribution is 2.38. The van der Waals surface area contributed by atoms with Crippen LogP contribution in [0, 0.1) is 0 Å². The Morgan fingerprint density at radius 3 is 2.04 bits per heavy atom. The van der Waals surface area contributed by atoms with Crippen LogP contribution in [0.4, 0.5) is 0 Å². The first kappa shape index (κ1) is 15.3. The molecule has 0 amide bonds. The molecule has 0 aromatic heterocycles. The fraction of sp³-hybridized carbons (Fsp3) is 0.190. The Kier molecular flexibility index (Phi) is 4.72. The van der Waals surface area contributed by atoms with Gasteiger partial charge in [-0.1, -0.05) is 78.9 Å². The molecule has 2 heteroatoms. The molecule has 2 atom stereocenters. The zero-order valence-electron chi connectivity index (χ0n) is 13.2. The highest BCUT2D eigenvalue weighted by molar-refractivity contribution is 5.89.